The van der Waals surface area contributed by atoms with Crippen LogP contribution in [-0.4, -0.2) is 11.7 Å². The summed E-state index contributed by atoms with van der Waals surface area (Å²) in [5.74, 6) is 0.752. The van der Waals surface area contributed by atoms with E-state index in [0.29, 0.717) is 11.5 Å². The van der Waals surface area contributed by atoms with E-state index in [-0.39, 0.29) is 17.5 Å². The third-order valence-electron chi connectivity index (χ3n) is 2.10. The number of ether oxygens (including phenoxy) is 2. The van der Waals surface area contributed by atoms with Crippen molar-refractivity contribution in [2.45, 2.75) is 45.3 Å². The normalized spacial score (nSPS) is 16.0. The Hall–Kier alpha value is -1.25. The van der Waals surface area contributed by atoms with Crippen molar-refractivity contribution in [3.05, 3.63) is 24.0 Å². The molecule has 0 atom stereocenters. The molecule has 3 heteroatoms. The van der Waals surface area contributed by atoms with Gasteiger partial charge in [0.2, 0.25) is 0 Å². The summed E-state index contributed by atoms with van der Waals surface area (Å²) in [5.41, 5.74) is -0.329. The predicted octanol–water partition coefficient (Wildman–Crippen LogP) is 3.54. The average Bonchev–Trinajstić information content (AvgIpc) is 2.82. The third kappa shape index (κ3) is 3.40. The predicted molar refractivity (Wildman–Crippen MR) is 60.4 cm³/mol. The van der Waals surface area contributed by atoms with Gasteiger partial charge in [-0.2, -0.15) is 0 Å². The molecular weight excluding hydrogens is 207 g/mol. The highest BCUT2D eigenvalue weighted by atomic mass is 19.1. The molecule has 1 fully saturated rings. The van der Waals surface area contributed by atoms with Crippen LogP contribution in [0.25, 0.3) is 0 Å². The summed E-state index contributed by atoms with van der Waals surface area (Å²) in [6, 6.07) is 4.52. The highest BCUT2D eigenvalue weighted by Crippen LogP contribution is 2.30. The quantitative estimate of drug-likeness (QED) is 0.781. The summed E-state index contributed by atoms with van der Waals surface area (Å²) in [6.07, 6.45) is 2.39. The van der Waals surface area contributed by atoms with E-state index in [0.717, 1.165) is 12.8 Å². The van der Waals surface area contributed by atoms with E-state index < -0.39 is 0 Å². The maximum atomic E-state index is 13.3. The molecule has 1 aromatic carbocycles. The first-order valence-electron chi connectivity index (χ1n) is 5.59. The zero-order valence-corrected chi connectivity index (χ0v) is 9.92. The van der Waals surface area contributed by atoms with Crippen molar-refractivity contribution in [2.75, 3.05) is 0 Å². The minimum atomic E-state index is -0.329. The number of hydrogen-bond donors (Lipinski definition) is 0. The molecule has 0 heterocycles. The van der Waals surface area contributed by atoms with Gasteiger partial charge in [0.15, 0.2) is 0 Å². The van der Waals surface area contributed by atoms with Gasteiger partial charge in [-0.3, -0.25) is 0 Å². The second-order valence-corrected chi connectivity index (χ2v) is 5.15. The summed E-state index contributed by atoms with van der Waals surface area (Å²) in [5, 5.41) is 0. The van der Waals surface area contributed by atoms with Gasteiger partial charge < -0.3 is 9.47 Å². The summed E-state index contributed by atoms with van der Waals surface area (Å²) in [4.78, 5) is 0. The monoisotopic (exact) mass is 224 g/mol. The van der Waals surface area contributed by atoms with E-state index in [9.17, 15) is 4.39 Å². The van der Waals surface area contributed by atoms with E-state index in [1.54, 1.807) is 6.07 Å². The molecule has 0 spiro atoms. The lowest BCUT2D eigenvalue weighted by molar-refractivity contribution is 0.129. The minimum Gasteiger partial charge on any atom is -0.490 e. The molecule has 0 aliphatic heterocycles. The van der Waals surface area contributed by atoms with Crippen LogP contribution in [0, 0.1) is 5.82 Å². The van der Waals surface area contributed by atoms with Crippen LogP contribution in [0.15, 0.2) is 18.2 Å². The highest BCUT2D eigenvalue weighted by molar-refractivity contribution is 5.34. The fraction of sp³-hybridized carbons (Fsp3) is 0.538. The van der Waals surface area contributed by atoms with Crippen molar-refractivity contribution < 1.29 is 13.9 Å². The van der Waals surface area contributed by atoms with E-state index in [2.05, 4.69) is 0 Å². The molecule has 0 saturated heterocycles. The first-order chi connectivity index (χ1) is 7.42. The van der Waals surface area contributed by atoms with Gasteiger partial charge in [-0.25, -0.2) is 4.39 Å². The van der Waals surface area contributed by atoms with Crippen LogP contribution in [-0.2, 0) is 0 Å². The molecule has 0 aromatic heterocycles. The van der Waals surface area contributed by atoms with E-state index >= 15 is 0 Å². The Morgan fingerprint density at radius 2 is 1.75 bits per heavy atom. The SMILES string of the molecule is CC(C)(C)Oc1cc(F)cc(OC2CC2)c1. The molecule has 0 unspecified atom stereocenters. The molecule has 2 nitrogen and oxygen atoms in total. The van der Waals surface area contributed by atoms with Crippen LogP contribution >= 0.6 is 0 Å². The lowest BCUT2D eigenvalue weighted by atomic mass is 10.2. The summed E-state index contributed by atoms with van der Waals surface area (Å²) in [6.45, 7) is 5.79. The zero-order valence-electron chi connectivity index (χ0n) is 9.92. The second kappa shape index (κ2) is 3.96. The fourth-order valence-electron chi connectivity index (χ4n) is 1.40. The van der Waals surface area contributed by atoms with Gasteiger partial charge in [-0.05, 0) is 33.6 Å². The van der Waals surface area contributed by atoms with Crippen LogP contribution in [0.5, 0.6) is 11.5 Å². The van der Waals surface area contributed by atoms with Gasteiger partial charge in [0.25, 0.3) is 0 Å². The molecule has 1 saturated carbocycles. The van der Waals surface area contributed by atoms with Gasteiger partial charge in [-0.15, -0.1) is 0 Å². The first-order valence-corrected chi connectivity index (χ1v) is 5.59. The second-order valence-electron chi connectivity index (χ2n) is 5.15. The Morgan fingerprint density at radius 3 is 2.31 bits per heavy atom. The molecule has 2 rings (SSSR count). The largest absolute Gasteiger partial charge is 0.490 e. The molecule has 1 aliphatic rings. The summed E-state index contributed by atoms with van der Waals surface area (Å²) >= 11 is 0. The molecule has 88 valence electrons. The van der Waals surface area contributed by atoms with Crippen molar-refractivity contribution >= 4 is 0 Å². The van der Waals surface area contributed by atoms with Crippen molar-refractivity contribution in [1.29, 1.82) is 0 Å². The van der Waals surface area contributed by atoms with Gasteiger partial charge in [-0.1, -0.05) is 0 Å². The number of hydrogen-bond acceptors (Lipinski definition) is 2. The fourth-order valence-corrected chi connectivity index (χ4v) is 1.40. The van der Waals surface area contributed by atoms with Gasteiger partial charge in [0, 0.05) is 18.2 Å². The third-order valence-corrected chi connectivity index (χ3v) is 2.10. The maximum Gasteiger partial charge on any atom is 0.130 e. The van der Waals surface area contributed by atoms with Crippen molar-refractivity contribution in [3.63, 3.8) is 0 Å². The molecule has 1 aliphatic carbocycles. The van der Waals surface area contributed by atoms with Gasteiger partial charge in [0.05, 0.1) is 6.10 Å². The molecule has 16 heavy (non-hydrogen) atoms. The zero-order chi connectivity index (χ0) is 11.8. The Labute approximate surface area is 95.4 Å². The van der Waals surface area contributed by atoms with Crippen molar-refractivity contribution in [1.82, 2.24) is 0 Å². The lowest BCUT2D eigenvalue weighted by Crippen LogP contribution is -2.23. The molecule has 1 aromatic rings. The van der Waals surface area contributed by atoms with E-state index in [1.807, 2.05) is 20.8 Å². The Morgan fingerprint density at radius 1 is 1.12 bits per heavy atom. The van der Waals surface area contributed by atoms with Gasteiger partial charge in [0.1, 0.15) is 22.9 Å². The van der Waals surface area contributed by atoms with Crippen LogP contribution in [0.1, 0.15) is 33.6 Å². The Bertz CT molecular complexity index is 378. The van der Waals surface area contributed by atoms with Crippen molar-refractivity contribution in [2.24, 2.45) is 0 Å². The highest BCUT2D eigenvalue weighted by Gasteiger charge is 2.24. The smallest absolute Gasteiger partial charge is 0.130 e. The maximum absolute atomic E-state index is 13.3. The summed E-state index contributed by atoms with van der Waals surface area (Å²) < 4.78 is 24.5. The van der Waals surface area contributed by atoms with Gasteiger partial charge >= 0.3 is 0 Å². The standard InChI is InChI=1S/C13H17FO2/c1-13(2,3)16-12-7-9(14)6-11(8-12)15-10-4-5-10/h6-8,10H,4-5H2,1-3H3. The van der Waals surface area contributed by atoms with Crippen molar-refractivity contribution in [3.8, 4) is 11.5 Å². The lowest BCUT2D eigenvalue weighted by Gasteiger charge is -2.21. The molecular formula is C13H17FO2. The van der Waals surface area contributed by atoms with Crippen LogP contribution in [0.3, 0.4) is 0 Å². The van der Waals surface area contributed by atoms with Crippen LogP contribution < -0.4 is 9.47 Å². The van der Waals surface area contributed by atoms with E-state index in [1.165, 1.54) is 12.1 Å². The Balaban J connectivity index is 2.14. The first kappa shape index (κ1) is 11.2. The molecule has 0 N–H and O–H groups in total. The average molecular weight is 224 g/mol. The molecule has 0 bridgehead atoms. The minimum absolute atomic E-state index is 0.268. The molecule has 0 amide bonds. The Kier molecular flexibility index (Phi) is 2.78. The topological polar surface area (TPSA) is 18.5 Å². The van der Waals surface area contributed by atoms with Crippen LogP contribution in [0.2, 0.25) is 0 Å². The number of halogens is 1. The summed E-state index contributed by atoms with van der Waals surface area (Å²) in [7, 11) is 0. The molecule has 0 radical (unpaired) electrons. The number of rotatable bonds is 3. The number of benzene rings is 1. The van der Waals surface area contributed by atoms with Crippen LogP contribution in [0.4, 0.5) is 4.39 Å². The van der Waals surface area contributed by atoms with E-state index in [4.69, 9.17) is 9.47 Å².